The van der Waals surface area contributed by atoms with E-state index in [0.29, 0.717) is 44.1 Å². The minimum Gasteiger partial charge on any atom is -0.369 e. The second-order valence-corrected chi connectivity index (χ2v) is 11.2. The fourth-order valence-corrected chi connectivity index (χ4v) is 6.24. The van der Waals surface area contributed by atoms with Crippen molar-refractivity contribution >= 4 is 46.2 Å². The molecule has 1 saturated carbocycles. The Hall–Kier alpha value is -1.39. The molecule has 33 heavy (non-hydrogen) atoms. The topological polar surface area (TPSA) is 127 Å². The number of nitrogens with zero attached hydrogens (tertiary/aromatic N) is 2. The van der Waals surface area contributed by atoms with Gasteiger partial charge in [0, 0.05) is 42.3 Å². The summed E-state index contributed by atoms with van der Waals surface area (Å²) in [6, 6.07) is -0.956. The number of carbonyl (C=O) groups excluding carboxylic acids is 4. The van der Waals surface area contributed by atoms with Crippen molar-refractivity contribution in [2.24, 2.45) is 35.1 Å². The van der Waals surface area contributed by atoms with E-state index in [2.05, 4.69) is 22.6 Å². The molecule has 1 aliphatic carbocycles. The van der Waals surface area contributed by atoms with Gasteiger partial charge in [-0.05, 0) is 56.3 Å². The van der Waals surface area contributed by atoms with Gasteiger partial charge in [-0.2, -0.15) is 0 Å². The maximum absolute atomic E-state index is 12.8. The zero-order valence-corrected chi connectivity index (χ0v) is 21.9. The van der Waals surface area contributed by atoms with Gasteiger partial charge in [-0.3, -0.25) is 19.2 Å². The van der Waals surface area contributed by atoms with Crippen LogP contribution in [0.3, 0.4) is 0 Å². The lowest BCUT2D eigenvalue weighted by atomic mass is 9.86. The molecule has 4 amide bonds. The lowest BCUT2D eigenvalue weighted by molar-refractivity contribution is -0.144. The van der Waals surface area contributed by atoms with Gasteiger partial charge >= 0.3 is 0 Å². The number of piperidine rings is 2. The third-order valence-corrected chi connectivity index (χ3v) is 8.99. The Bertz CT molecular complexity index is 744. The predicted molar refractivity (Wildman–Crippen MR) is 134 cm³/mol. The Labute approximate surface area is 210 Å². The molecule has 5 unspecified atom stereocenters. The number of alkyl halides is 1. The smallest absolute Gasteiger partial charge is 0.240 e. The number of hydrogen-bond donors (Lipinski definition) is 2. The molecule has 5 atom stereocenters. The van der Waals surface area contributed by atoms with E-state index < -0.39 is 23.8 Å². The second-order valence-electron chi connectivity index (χ2n) is 10.3. The SMILES string of the molecule is CCC(CC(CC(C(N)=O)N1CC(CI)CCC1=O)C(N)=O)N1CC(CC2CC2)CCC1=O. The number of likely N-dealkylation sites (tertiary alicyclic amines) is 2. The van der Waals surface area contributed by atoms with Crippen molar-refractivity contribution in [3.05, 3.63) is 0 Å². The van der Waals surface area contributed by atoms with Gasteiger partial charge in [0.05, 0.1) is 0 Å². The average molecular weight is 575 g/mol. The van der Waals surface area contributed by atoms with E-state index in [1.165, 1.54) is 19.3 Å². The van der Waals surface area contributed by atoms with E-state index in [1.807, 2.05) is 11.8 Å². The second kappa shape index (κ2) is 11.8. The Morgan fingerprint density at radius 3 is 2.06 bits per heavy atom. The molecular weight excluding hydrogens is 535 g/mol. The van der Waals surface area contributed by atoms with Gasteiger partial charge < -0.3 is 21.3 Å². The van der Waals surface area contributed by atoms with Gasteiger partial charge in [0.2, 0.25) is 23.6 Å². The van der Waals surface area contributed by atoms with Crippen LogP contribution in [0.15, 0.2) is 0 Å². The summed E-state index contributed by atoms with van der Waals surface area (Å²) in [5.41, 5.74) is 11.5. The normalized spacial score (nSPS) is 26.7. The molecule has 2 saturated heterocycles. The molecule has 3 rings (SSSR count). The van der Waals surface area contributed by atoms with Crippen LogP contribution in [-0.4, -0.2) is 63.0 Å². The molecule has 3 aliphatic rings. The number of carbonyl (C=O) groups is 4. The maximum Gasteiger partial charge on any atom is 0.240 e. The quantitative estimate of drug-likeness (QED) is 0.274. The van der Waals surface area contributed by atoms with Crippen molar-refractivity contribution in [3.63, 3.8) is 0 Å². The van der Waals surface area contributed by atoms with Gasteiger partial charge in [0.15, 0.2) is 0 Å². The van der Waals surface area contributed by atoms with Crippen LogP contribution in [0.4, 0.5) is 0 Å². The summed E-state index contributed by atoms with van der Waals surface area (Å²) in [6.45, 7) is 3.23. The average Bonchev–Trinajstić information content (AvgIpc) is 3.60. The van der Waals surface area contributed by atoms with E-state index in [1.54, 1.807) is 4.90 Å². The van der Waals surface area contributed by atoms with Crippen molar-refractivity contribution in [1.82, 2.24) is 9.80 Å². The van der Waals surface area contributed by atoms with Crippen molar-refractivity contribution in [2.75, 3.05) is 17.5 Å². The van der Waals surface area contributed by atoms with Crippen LogP contribution in [0.2, 0.25) is 0 Å². The molecule has 186 valence electrons. The zero-order chi connectivity index (χ0) is 24.1. The summed E-state index contributed by atoms with van der Waals surface area (Å²) in [5.74, 6) is -0.0429. The minimum absolute atomic E-state index is 0.0933. The van der Waals surface area contributed by atoms with Crippen molar-refractivity contribution < 1.29 is 19.2 Å². The van der Waals surface area contributed by atoms with Crippen LogP contribution in [0.1, 0.15) is 71.1 Å². The van der Waals surface area contributed by atoms with Gasteiger partial charge in [0.1, 0.15) is 6.04 Å². The fraction of sp³-hybridized carbons (Fsp3) is 0.833. The van der Waals surface area contributed by atoms with Gasteiger partial charge in [-0.25, -0.2) is 0 Å². The summed E-state index contributed by atoms with van der Waals surface area (Å²) >= 11 is 2.29. The molecule has 2 aliphatic heterocycles. The summed E-state index contributed by atoms with van der Waals surface area (Å²) in [5, 5.41) is 0. The molecule has 9 heteroatoms. The van der Waals surface area contributed by atoms with Crippen LogP contribution in [0.25, 0.3) is 0 Å². The first-order chi connectivity index (χ1) is 15.7. The van der Waals surface area contributed by atoms with Crippen LogP contribution in [0, 0.1) is 23.7 Å². The van der Waals surface area contributed by atoms with Crippen molar-refractivity contribution in [2.45, 2.75) is 83.2 Å². The molecule has 0 aromatic rings. The van der Waals surface area contributed by atoms with Gasteiger partial charge in [0.25, 0.3) is 0 Å². The van der Waals surface area contributed by atoms with E-state index in [9.17, 15) is 19.2 Å². The first-order valence-electron chi connectivity index (χ1n) is 12.5. The monoisotopic (exact) mass is 574 g/mol. The Morgan fingerprint density at radius 1 is 0.909 bits per heavy atom. The molecule has 4 N–H and O–H groups in total. The summed E-state index contributed by atoms with van der Waals surface area (Å²) in [4.78, 5) is 53.7. The highest BCUT2D eigenvalue weighted by Gasteiger charge is 2.39. The number of amides is 4. The number of rotatable bonds is 12. The molecular formula is C24H39IN4O4. The van der Waals surface area contributed by atoms with Crippen molar-refractivity contribution in [1.29, 1.82) is 0 Å². The third-order valence-electron chi connectivity index (χ3n) is 7.75. The largest absolute Gasteiger partial charge is 0.369 e. The van der Waals surface area contributed by atoms with Crippen LogP contribution < -0.4 is 11.5 Å². The zero-order valence-electron chi connectivity index (χ0n) is 19.7. The molecule has 0 aromatic carbocycles. The standard InChI is InChI=1S/C24H39IN4O4/c1-2-19(28-13-16(5-7-21(28)30)9-15-3-4-15)10-18(23(26)32)11-20(24(27)33)29-14-17(12-25)6-8-22(29)31/h15-20H,2-14H2,1H3,(H2,26,32)(H2,27,33). The highest BCUT2D eigenvalue weighted by molar-refractivity contribution is 14.1. The molecule has 3 fully saturated rings. The number of primary amides is 2. The fourth-order valence-electron chi connectivity index (χ4n) is 5.52. The summed E-state index contributed by atoms with van der Waals surface area (Å²) in [7, 11) is 0. The van der Waals surface area contributed by atoms with Gasteiger partial charge in [-0.15, -0.1) is 0 Å². The van der Waals surface area contributed by atoms with Crippen LogP contribution in [-0.2, 0) is 19.2 Å². The highest BCUT2D eigenvalue weighted by Crippen LogP contribution is 2.38. The van der Waals surface area contributed by atoms with E-state index in [0.717, 1.165) is 29.7 Å². The first kappa shape index (κ1) is 26.2. The van der Waals surface area contributed by atoms with E-state index >= 15 is 0 Å². The molecule has 0 spiro atoms. The molecule has 0 bridgehead atoms. The lowest BCUT2D eigenvalue weighted by Gasteiger charge is -2.40. The van der Waals surface area contributed by atoms with E-state index in [4.69, 9.17) is 11.5 Å². The number of hydrogen-bond acceptors (Lipinski definition) is 4. The summed E-state index contributed by atoms with van der Waals surface area (Å²) < 4.78 is 0.892. The highest BCUT2D eigenvalue weighted by atomic mass is 127. The molecule has 8 nitrogen and oxygen atoms in total. The van der Waals surface area contributed by atoms with Crippen molar-refractivity contribution in [3.8, 4) is 0 Å². The number of nitrogens with two attached hydrogens (primary N) is 2. The third kappa shape index (κ3) is 7.05. The minimum atomic E-state index is -0.849. The molecule has 2 heterocycles. The van der Waals surface area contributed by atoms with Crippen LogP contribution in [0.5, 0.6) is 0 Å². The molecule has 0 aromatic heterocycles. The van der Waals surface area contributed by atoms with Crippen LogP contribution >= 0.6 is 22.6 Å². The Kier molecular flexibility index (Phi) is 9.41. The Morgan fingerprint density at radius 2 is 1.52 bits per heavy atom. The Balaban J connectivity index is 1.70. The maximum atomic E-state index is 12.8. The van der Waals surface area contributed by atoms with E-state index in [-0.39, 0.29) is 24.3 Å². The molecule has 0 radical (unpaired) electrons. The first-order valence-corrected chi connectivity index (χ1v) is 14.0. The summed E-state index contributed by atoms with van der Waals surface area (Å²) in [6.07, 6.45) is 7.70. The predicted octanol–water partition coefficient (Wildman–Crippen LogP) is 2.21. The van der Waals surface area contributed by atoms with Gasteiger partial charge in [-0.1, -0.05) is 42.4 Å². The number of halogens is 1. The lowest BCUT2D eigenvalue weighted by Crippen LogP contribution is -2.54.